The second-order valence-electron chi connectivity index (χ2n) is 4.09. The first-order valence-corrected chi connectivity index (χ1v) is 6.51. The van der Waals surface area contributed by atoms with Crippen LogP contribution < -0.4 is 11.3 Å². The molecular weight excluding hydrogens is 324 g/mol. The molecule has 0 aliphatic rings. The fraction of sp³-hybridized carbons (Fsp3) is 0. The summed E-state index contributed by atoms with van der Waals surface area (Å²) in [5.41, 5.74) is 7.55. The van der Waals surface area contributed by atoms with Gasteiger partial charge in [0.2, 0.25) is 0 Å². The summed E-state index contributed by atoms with van der Waals surface area (Å²) >= 11 is 3.38. The van der Waals surface area contributed by atoms with Crippen molar-refractivity contribution in [3.05, 3.63) is 51.2 Å². The van der Waals surface area contributed by atoms with Gasteiger partial charge in [0.15, 0.2) is 11.6 Å². The van der Waals surface area contributed by atoms with E-state index >= 15 is 0 Å². The highest BCUT2D eigenvalue weighted by Crippen LogP contribution is 2.35. The first kappa shape index (κ1) is 12.6. The Morgan fingerprint density at radius 1 is 1.15 bits per heavy atom. The van der Waals surface area contributed by atoms with Gasteiger partial charge in [-0.1, -0.05) is 33.2 Å². The number of nitrogen functional groups attached to an aromatic ring is 1. The Morgan fingerprint density at radius 3 is 2.55 bits per heavy atom. The predicted octanol–water partition coefficient (Wildman–Crippen LogP) is 2.44. The molecule has 3 aromatic rings. The van der Waals surface area contributed by atoms with Crippen molar-refractivity contribution < 1.29 is 4.52 Å². The van der Waals surface area contributed by atoms with Gasteiger partial charge in [-0.05, 0) is 23.8 Å². The number of nitrogens with zero attached hydrogens (tertiary/aromatic N) is 2. The van der Waals surface area contributed by atoms with E-state index in [0.29, 0.717) is 17.0 Å². The van der Waals surface area contributed by atoms with Crippen molar-refractivity contribution in [1.82, 2.24) is 15.4 Å². The van der Waals surface area contributed by atoms with Gasteiger partial charge in [0.1, 0.15) is 5.69 Å². The Balaban J connectivity index is 2.16. The van der Waals surface area contributed by atoms with Gasteiger partial charge in [0.05, 0.1) is 5.56 Å². The van der Waals surface area contributed by atoms with Crippen molar-refractivity contribution >= 4 is 21.7 Å². The van der Waals surface area contributed by atoms with Gasteiger partial charge >= 0.3 is 0 Å². The van der Waals surface area contributed by atoms with Crippen LogP contribution in [0.15, 0.2) is 50.2 Å². The van der Waals surface area contributed by atoms with Gasteiger partial charge in [-0.15, -0.1) is 0 Å². The third-order valence-corrected chi connectivity index (χ3v) is 3.29. The molecule has 3 N–H and O–H groups in total. The fourth-order valence-electron chi connectivity index (χ4n) is 1.84. The maximum atomic E-state index is 11.1. The van der Waals surface area contributed by atoms with Gasteiger partial charge < -0.3 is 10.3 Å². The minimum absolute atomic E-state index is 0.273. The van der Waals surface area contributed by atoms with Crippen molar-refractivity contribution in [1.29, 1.82) is 0 Å². The number of benzene rings is 1. The van der Waals surface area contributed by atoms with Gasteiger partial charge in [0, 0.05) is 10.5 Å². The second-order valence-corrected chi connectivity index (χ2v) is 5.00. The predicted molar refractivity (Wildman–Crippen MR) is 77.9 cm³/mol. The van der Waals surface area contributed by atoms with Crippen molar-refractivity contribution in [3.63, 3.8) is 0 Å². The van der Waals surface area contributed by atoms with Crippen LogP contribution in [0.3, 0.4) is 0 Å². The summed E-state index contributed by atoms with van der Waals surface area (Å²) < 4.78 is 6.19. The maximum absolute atomic E-state index is 11.1. The Labute approximate surface area is 121 Å². The number of nitrogens with two attached hydrogens (primary N) is 1. The molecule has 2 aromatic heterocycles. The molecule has 6 nitrogen and oxygen atoms in total. The minimum atomic E-state index is -0.286. The molecule has 0 saturated carbocycles. The number of hydrogen-bond acceptors (Lipinski definition) is 5. The molecule has 0 unspecified atom stereocenters. The molecule has 100 valence electrons. The van der Waals surface area contributed by atoms with Crippen LogP contribution in [-0.4, -0.2) is 15.4 Å². The number of hydrogen-bond donors (Lipinski definition) is 2. The molecule has 1 aromatic carbocycles. The van der Waals surface area contributed by atoms with E-state index in [-0.39, 0.29) is 11.4 Å². The lowest BCUT2D eigenvalue weighted by atomic mass is 10.0. The summed E-state index contributed by atoms with van der Waals surface area (Å²) in [4.78, 5) is 11.1. The van der Waals surface area contributed by atoms with Crippen LogP contribution in [0.25, 0.3) is 22.6 Å². The third-order valence-electron chi connectivity index (χ3n) is 2.76. The van der Waals surface area contributed by atoms with Crippen molar-refractivity contribution in [2.75, 3.05) is 5.73 Å². The lowest BCUT2D eigenvalue weighted by Gasteiger charge is -2.02. The SMILES string of the molecule is Nc1noc(-c2ccc(=O)[nH]n2)c1-c1ccc(Br)cc1. The van der Waals surface area contributed by atoms with E-state index in [1.807, 2.05) is 24.3 Å². The quantitative estimate of drug-likeness (QED) is 0.751. The summed E-state index contributed by atoms with van der Waals surface area (Å²) in [6.07, 6.45) is 0. The van der Waals surface area contributed by atoms with E-state index in [1.54, 1.807) is 6.07 Å². The molecule has 0 spiro atoms. The van der Waals surface area contributed by atoms with E-state index in [1.165, 1.54) is 6.07 Å². The number of halogens is 1. The average molecular weight is 333 g/mol. The van der Waals surface area contributed by atoms with Crippen LogP contribution in [0.2, 0.25) is 0 Å². The summed E-state index contributed by atoms with van der Waals surface area (Å²) in [5.74, 6) is 0.691. The Bertz CT molecular complexity index is 787. The summed E-state index contributed by atoms with van der Waals surface area (Å²) in [7, 11) is 0. The van der Waals surface area contributed by atoms with Crippen LogP contribution in [0.5, 0.6) is 0 Å². The lowest BCUT2D eigenvalue weighted by molar-refractivity contribution is 0.434. The molecule has 0 aliphatic heterocycles. The molecule has 0 saturated heterocycles. The molecule has 0 fully saturated rings. The standard InChI is InChI=1S/C13H9BrN4O2/c14-8-3-1-7(2-4-8)11-12(20-18-13(11)15)9-5-6-10(19)17-16-9/h1-6H,(H2,15,18)(H,17,19). The fourth-order valence-corrected chi connectivity index (χ4v) is 2.11. The molecule has 3 rings (SSSR count). The topological polar surface area (TPSA) is 97.8 Å². The molecule has 0 bridgehead atoms. The van der Waals surface area contributed by atoms with E-state index < -0.39 is 0 Å². The molecule has 0 radical (unpaired) electrons. The first-order valence-electron chi connectivity index (χ1n) is 5.72. The zero-order valence-corrected chi connectivity index (χ0v) is 11.7. The van der Waals surface area contributed by atoms with E-state index in [2.05, 4.69) is 31.3 Å². The molecule has 0 aliphatic carbocycles. The monoisotopic (exact) mass is 332 g/mol. The van der Waals surface area contributed by atoms with Crippen molar-refractivity contribution in [2.45, 2.75) is 0 Å². The van der Waals surface area contributed by atoms with Crippen molar-refractivity contribution in [3.8, 4) is 22.6 Å². The zero-order chi connectivity index (χ0) is 14.1. The second kappa shape index (κ2) is 4.93. The largest absolute Gasteiger partial charge is 0.380 e. The Hall–Kier alpha value is -2.41. The molecular formula is C13H9BrN4O2. The summed E-state index contributed by atoms with van der Waals surface area (Å²) in [6.45, 7) is 0. The van der Waals surface area contributed by atoms with Gasteiger partial charge in [-0.2, -0.15) is 5.10 Å². The number of rotatable bonds is 2. The highest BCUT2D eigenvalue weighted by Gasteiger charge is 2.18. The molecule has 20 heavy (non-hydrogen) atoms. The maximum Gasteiger partial charge on any atom is 0.264 e. The zero-order valence-electron chi connectivity index (χ0n) is 10.1. The highest BCUT2D eigenvalue weighted by atomic mass is 79.9. The van der Waals surface area contributed by atoms with Crippen LogP contribution in [-0.2, 0) is 0 Å². The van der Waals surface area contributed by atoms with E-state index in [9.17, 15) is 4.79 Å². The smallest absolute Gasteiger partial charge is 0.264 e. The number of aromatic nitrogens is 3. The van der Waals surface area contributed by atoms with Crippen LogP contribution in [0.4, 0.5) is 5.82 Å². The first-order chi connectivity index (χ1) is 9.65. The Kier molecular flexibility index (Phi) is 3.11. The van der Waals surface area contributed by atoms with Gasteiger partial charge in [-0.3, -0.25) is 4.79 Å². The Morgan fingerprint density at radius 2 is 1.90 bits per heavy atom. The molecule has 0 atom stereocenters. The molecule has 2 heterocycles. The lowest BCUT2D eigenvalue weighted by Crippen LogP contribution is -2.05. The van der Waals surface area contributed by atoms with Gasteiger partial charge in [0.25, 0.3) is 5.56 Å². The minimum Gasteiger partial charge on any atom is -0.380 e. The average Bonchev–Trinajstić information content (AvgIpc) is 2.83. The van der Waals surface area contributed by atoms with Crippen molar-refractivity contribution in [2.24, 2.45) is 0 Å². The van der Waals surface area contributed by atoms with Gasteiger partial charge in [-0.25, -0.2) is 5.10 Å². The van der Waals surface area contributed by atoms with Crippen LogP contribution in [0, 0.1) is 0 Å². The van der Waals surface area contributed by atoms with E-state index in [0.717, 1.165) is 10.0 Å². The highest BCUT2D eigenvalue weighted by molar-refractivity contribution is 9.10. The number of aromatic amines is 1. The summed E-state index contributed by atoms with van der Waals surface area (Å²) in [5, 5.41) is 10.1. The van der Waals surface area contributed by atoms with E-state index in [4.69, 9.17) is 10.3 Å². The number of anilines is 1. The number of H-pyrrole nitrogens is 1. The molecule has 0 amide bonds. The summed E-state index contributed by atoms with van der Waals surface area (Å²) in [6, 6.07) is 10.5. The number of nitrogens with one attached hydrogen (secondary N) is 1. The van der Waals surface area contributed by atoms with Crippen LogP contribution in [0.1, 0.15) is 0 Å². The normalized spacial score (nSPS) is 10.7. The molecule has 7 heteroatoms. The van der Waals surface area contributed by atoms with Crippen LogP contribution >= 0.6 is 15.9 Å². The third kappa shape index (κ3) is 2.23.